The summed E-state index contributed by atoms with van der Waals surface area (Å²) >= 11 is 0. The highest BCUT2D eigenvalue weighted by Crippen LogP contribution is 2.29. The third kappa shape index (κ3) is 17.5. The molecule has 0 bridgehead atoms. The number of piperidine rings is 1. The molecule has 0 aromatic rings. The Morgan fingerprint density at radius 3 is 1.42 bits per heavy atom. The van der Waals surface area contributed by atoms with Gasteiger partial charge in [-0.15, -0.1) is 0 Å². The lowest BCUT2D eigenvalue weighted by atomic mass is 9.83. The Labute approximate surface area is 207 Å². The molecule has 0 spiro atoms. The summed E-state index contributed by atoms with van der Waals surface area (Å²) in [6.45, 7) is 8.57. The number of unbranched alkanes of at least 4 members (excludes halogenated alkanes) is 18. The van der Waals surface area contributed by atoms with Crippen molar-refractivity contribution in [1.29, 1.82) is 0 Å². The molecule has 3 heteroatoms. The predicted octanol–water partition coefficient (Wildman–Crippen LogP) is 9.13. The van der Waals surface area contributed by atoms with Gasteiger partial charge in [0.2, 0.25) is 0 Å². The van der Waals surface area contributed by atoms with E-state index in [1.54, 1.807) is 0 Å². The Morgan fingerprint density at radius 1 is 0.667 bits per heavy atom. The number of hydrogen-bond acceptors (Lipinski definition) is 3. The van der Waals surface area contributed by atoms with Gasteiger partial charge in [0.15, 0.2) is 0 Å². The fraction of sp³-hybridized carbons (Fsp3) is 0.967. The quantitative estimate of drug-likeness (QED) is 0.128. The van der Waals surface area contributed by atoms with Crippen LogP contribution in [0.3, 0.4) is 0 Å². The van der Waals surface area contributed by atoms with Crippen molar-refractivity contribution in [3.8, 4) is 0 Å². The van der Waals surface area contributed by atoms with E-state index in [0.29, 0.717) is 12.3 Å². The number of carbonyl (C=O) groups is 1. The molecule has 0 radical (unpaired) electrons. The highest BCUT2D eigenvalue weighted by Gasteiger charge is 2.33. The standard InChI is InChI=1S/C30H59NO2/c1-4-5-6-7-8-9-10-11-12-13-14-15-16-17-18-19-20-21-22-23-29(32)33-30(2,3)28-24-26-31-27-25-28/h28,31H,4-27H2,1-3H3. The van der Waals surface area contributed by atoms with Crippen molar-refractivity contribution in [2.75, 3.05) is 13.1 Å². The van der Waals surface area contributed by atoms with Crippen LogP contribution in [0.1, 0.15) is 162 Å². The van der Waals surface area contributed by atoms with Crippen LogP contribution in [0, 0.1) is 5.92 Å². The Morgan fingerprint density at radius 2 is 1.03 bits per heavy atom. The molecule has 0 unspecified atom stereocenters. The minimum atomic E-state index is -0.312. The van der Waals surface area contributed by atoms with E-state index in [2.05, 4.69) is 26.1 Å². The van der Waals surface area contributed by atoms with E-state index in [4.69, 9.17) is 4.74 Å². The predicted molar refractivity (Wildman–Crippen MR) is 144 cm³/mol. The SMILES string of the molecule is CCCCCCCCCCCCCCCCCCCCCC(=O)OC(C)(C)C1CCNCC1. The van der Waals surface area contributed by atoms with Crippen molar-refractivity contribution in [2.45, 2.75) is 168 Å². The maximum Gasteiger partial charge on any atom is 0.306 e. The van der Waals surface area contributed by atoms with E-state index in [0.717, 1.165) is 32.4 Å². The minimum Gasteiger partial charge on any atom is -0.459 e. The summed E-state index contributed by atoms with van der Waals surface area (Å²) in [6, 6.07) is 0. The molecule has 1 aliphatic rings. The molecule has 1 aliphatic heterocycles. The van der Waals surface area contributed by atoms with Crippen molar-refractivity contribution < 1.29 is 9.53 Å². The van der Waals surface area contributed by atoms with Crippen molar-refractivity contribution in [3.63, 3.8) is 0 Å². The fourth-order valence-electron chi connectivity index (χ4n) is 5.29. The zero-order valence-electron chi connectivity index (χ0n) is 22.9. The average molecular weight is 466 g/mol. The van der Waals surface area contributed by atoms with Gasteiger partial charge in [0, 0.05) is 12.3 Å². The minimum absolute atomic E-state index is 0.00510. The van der Waals surface area contributed by atoms with Crippen LogP contribution in [0.2, 0.25) is 0 Å². The van der Waals surface area contributed by atoms with E-state index >= 15 is 0 Å². The van der Waals surface area contributed by atoms with Crippen molar-refractivity contribution >= 4 is 5.97 Å². The summed E-state index contributed by atoms with van der Waals surface area (Å²) in [4.78, 5) is 12.2. The molecule has 1 saturated heterocycles. The molecule has 33 heavy (non-hydrogen) atoms. The first-order valence-electron chi connectivity index (χ1n) is 15.0. The molecule has 196 valence electrons. The highest BCUT2D eigenvalue weighted by atomic mass is 16.6. The van der Waals surface area contributed by atoms with E-state index in [-0.39, 0.29) is 11.6 Å². The van der Waals surface area contributed by atoms with E-state index in [9.17, 15) is 4.79 Å². The second-order valence-electron chi connectivity index (χ2n) is 11.2. The second-order valence-corrected chi connectivity index (χ2v) is 11.2. The van der Waals surface area contributed by atoms with Crippen LogP contribution in [0.15, 0.2) is 0 Å². The van der Waals surface area contributed by atoms with Crippen LogP contribution in [-0.4, -0.2) is 24.7 Å². The van der Waals surface area contributed by atoms with Gasteiger partial charge >= 0.3 is 5.97 Å². The van der Waals surface area contributed by atoms with Gasteiger partial charge in [-0.3, -0.25) is 4.79 Å². The lowest BCUT2D eigenvalue weighted by Crippen LogP contribution is -2.42. The van der Waals surface area contributed by atoms with Crippen LogP contribution < -0.4 is 5.32 Å². The molecule has 1 rings (SSSR count). The van der Waals surface area contributed by atoms with Crippen LogP contribution in [0.4, 0.5) is 0 Å². The fourth-order valence-corrected chi connectivity index (χ4v) is 5.29. The monoisotopic (exact) mass is 465 g/mol. The third-order valence-electron chi connectivity index (χ3n) is 7.68. The van der Waals surface area contributed by atoms with Crippen molar-refractivity contribution in [1.82, 2.24) is 5.32 Å². The van der Waals surface area contributed by atoms with E-state index in [1.807, 2.05) is 0 Å². The van der Waals surface area contributed by atoms with E-state index in [1.165, 1.54) is 116 Å². The Hall–Kier alpha value is -0.570. The molecular weight excluding hydrogens is 406 g/mol. The molecule has 3 nitrogen and oxygen atoms in total. The van der Waals surface area contributed by atoms with Gasteiger partial charge in [-0.1, -0.05) is 122 Å². The smallest absolute Gasteiger partial charge is 0.306 e. The van der Waals surface area contributed by atoms with Crippen LogP contribution in [0.25, 0.3) is 0 Å². The highest BCUT2D eigenvalue weighted by molar-refractivity contribution is 5.69. The van der Waals surface area contributed by atoms with Crippen LogP contribution >= 0.6 is 0 Å². The number of carbonyl (C=O) groups excluding carboxylic acids is 1. The van der Waals surface area contributed by atoms with Gasteiger partial charge in [0.1, 0.15) is 5.60 Å². The zero-order valence-corrected chi connectivity index (χ0v) is 22.9. The van der Waals surface area contributed by atoms with Crippen molar-refractivity contribution in [3.05, 3.63) is 0 Å². The van der Waals surface area contributed by atoms with Crippen LogP contribution in [-0.2, 0) is 9.53 Å². The summed E-state index contributed by atoms with van der Waals surface area (Å²) in [5, 5.41) is 3.39. The summed E-state index contributed by atoms with van der Waals surface area (Å²) < 4.78 is 5.85. The maximum absolute atomic E-state index is 12.2. The Balaban J connectivity index is 1.79. The zero-order chi connectivity index (χ0) is 24.0. The van der Waals surface area contributed by atoms with Gasteiger partial charge < -0.3 is 10.1 Å². The number of hydrogen-bond donors (Lipinski definition) is 1. The van der Waals surface area contributed by atoms with Crippen LogP contribution in [0.5, 0.6) is 0 Å². The molecule has 0 aromatic carbocycles. The summed E-state index contributed by atoms with van der Waals surface area (Å²) in [5.41, 5.74) is -0.312. The average Bonchev–Trinajstić information content (AvgIpc) is 2.81. The number of rotatable bonds is 22. The molecule has 0 saturated carbocycles. The van der Waals surface area contributed by atoms with Gasteiger partial charge in [0.25, 0.3) is 0 Å². The lowest BCUT2D eigenvalue weighted by Gasteiger charge is -2.36. The molecule has 0 aromatic heterocycles. The molecule has 1 N–H and O–H groups in total. The Kier molecular flexibility index (Phi) is 19.2. The number of ether oxygens (including phenoxy) is 1. The summed E-state index contributed by atoms with van der Waals surface area (Å²) in [7, 11) is 0. The molecule has 0 atom stereocenters. The lowest BCUT2D eigenvalue weighted by molar-refractivity contribution is -0.162. The first-order valence-corrected chi connectivity index (χ1v) is 15.0. The maximum atomic E-state index is 12.2. The van der Waals surface area contributed by atoms with E-state index < -0.39 is 0 Å². The molecule has 1 fully saturated rings. The second kappa shape index (κ2) is 20.8. The first kappa shape index (κ1) is 30.5. The molecule has 0 aliphatic carbocycles. The number of esters is 1. The topological polar surface area (TPSA) is 38.3 Å². The number of nitrogens with one attached hydrogen (secondary N) is 1. The van der Waals surface area contributed by atoms with Gasteiger partial charge in [0.05, 0.1) is 0 Å². The molecule has 0 amide bonds. The normalized spacial score (nSPS) is 15.1. The van der Waals surface area contributed by atoms with Gasteiger partial charge in [-0.05, 0) is 46.2 Å². The Bertz CT molecular complexity index is 443. The van der Waals surface area contributed by atoms with Gasteiger partial charge in [-0.25, -0.2) is 0 Å². The molecule has 1 heterocycles. The summed E-state index contributed by atoms with van der Waals surface area (Å²) in [6.07, 6.45) is 29.0. The van der Waals surface area contributed by atoms with Crippen molar-refractivity contribution in [2.24, 2.45) is 5.92 Å². The summed E-state index contributed by atoms with van der Waals surface area (Å²) in [5.74, 6) is 0.498. The molecular formula is C30H59NO2. The largest absolute Gasteiger partial charge is 0.459 e. The third-order valence-corrected chi connectivity index (χ3v) is 7.68. The first-order chi connectivity index (χ1) is 16.1. The van der Waals surface area contributed by atoms with Gasteiger partial charge in [-0.2, -0.15) is 0 Å².